The van der Waals surface area contributed by atoms with E-state index in [9.17, 15) is 8.42 Å². The van der Waals surface area contributed by atoms with Gasteiger partial charge in [0.1, 0.15) is 10.6 Å². The van der Waals surface area contributed by atoms with Crippen LogP contribution in [0.4, 0.5) is 0 Å². The highest BCUT2D eigenvalue weighted by atomic mass is 32.2. The third-order valence-corrected chi connectivity index (χ3v) is 5.27. The molecular formula is C15H17N3O3S. The smallest absolute Gasteiger partial charge is 0.246 e. The Hall–Kier alpha value is -2.12. The van der Waals surface area contributed by atoms with Crippen LogP contribution in [0, 0.1) is 13.8 Å². The van der Waals surface area contributed by atoms with Crippen LogP contribution in [0.2, 0.25) is 0 Å². The number of aromatic nitrogens is 2. The maximum absolute atomic E-state index is 12.3. The van der Waals surface area contributed by atoms with Crippen LogP contribution in [-0.2, 0) is 16.6 Å². The Labute approximate surface area is 128 Å². The van der Waals surface area contributed by atoms with Gasteiger partial charge < -0.3 is 9.09 Å². The van der Waals surface area contributed by atoms with Crippen LogP contribution in [0.15, 0.2) is 45.9 Å². The SMILES string of the molecule is Cc1noc(C)c1S(=O)(=O)NCCn1ccc2ccccc21. The molecule has 0 saturated carbocycles. The highest BCUT2D eigenvalue weighted by Crippen LogP contribution is 2.18. The molecule has 1 aromatic carbocycles. The second-order valence-electron chi connectivity index (χ2n) is 5.12. The summed E-state index contributed by atoms with van der Waals surface area (Å²) in [5.41, 5.74) is 1.45. The summed E-state index contributed by atoms with van der Waals surface area (Å²) in [5, 5.41) is 4.82. The van der Waals surface area contributed by atoms with Crippen molar-refractivity contribution in [1.29, 1.82) is 0 Å². The molecule has 0 aliphatic heterocycles. The molecular weight excluding hydrogens is 302 g/mol. The summed E-state index contributed by atoms with van der Waals surface area (Å²) in [5.74, 6) is 0.302. The van der Waals surface area contributed by atoms with Crippen molar-refractivity contribution in [1.82, 2.24) is 14.4 Å². The van der Waals surface area contributed by atoms with Gasteiger partial charge in [0, 0.05) is 24.8 Å². The van der Waals surface area contributed by atoms with Crippen LogP contribution in [-0.4, -0.2) is 24.7 Å². The van der Waals surface area contributed by atoms with E-state index in [0.717, 1.165) is 10.9 Å². The Bertz CT molecular complexity index is 890. The summed E-state index contributed by atoms with van der Waals surface area (Å²) in [6, 6.07) is 10.00. The van der Waals surface area contributed by atoms with Crippen molar-refractivity contribution in [3.8, 4) is 0 Å². The molecule has 2 heterocycles. The van der Waals surface area contributed by atoms with Gasteiger partial charge in [-0.15, -0.1) is 0 Å². The summed E-state index contributed by atoms with van der Waals surface area (Å²) in [4.78, 5) is 0.130. The number of para-hydroxylation sites is 1. The van der Waals surface area contributed by atoms with E-state index in [1.807, 2.05) is 41.1 Å². The number of rotatable bonds is 5. The molecule has 3 rings (SSSR count). The van der Waals surface area contributed by atoms with Crippen molar-refractivity contribution in [2.24, 2.45) is 0 Å². The number of sulfonamides is 1. The summed E-state index contributed by atoms with van der Waals surface area (Å²) >= 11 is 0. The van der Waals surface area contributed by atoms with Crippen molar-refractivity contribution >= 4 is 20.9 Å². The Kier molecular flexibility index (Phi) is 3.76. The van der Waals surface area contributed by atoms with E-state index in [2.05, 4.69) is 9.88 Å². The topological polar surface area (TPSA) is 77.1 Å². The number of nitrogens with one attached hydrogen (secondary N) is 1. The molecule has 0 spiro atoms. The number of fused-ring (bicyclic) bond motifs is 1. The fraction of sp³-hybridized carbons (Fsp3) is 0.267. The fourth-order valence-electron chi connectivity index (χ4n) is 2.57. The average molecular weight is 319 g/mol. The highest BCUT2D eigenvalue weighted by molar-refractivity contribution is 7.89. The monoisotopic (exact) mass is 319 g/mol. The van der Waals surface area contributed by atoms with E-state index in [1.54, 1.807) is 13.8 Å². The van der Waals surface area contributed by atoms with Gasteiger partial charge in [0.2, 0.25) is 10.0 Å². The zero-order valence-electron chi connectivity index (χ0n) is 12.4. The lowest BCUT2D eigenvalue weighted by molar-refractivity contribution is 0.390. The Balaban J connectivity index is 1.73. The van der Waals surface area contributed by atoms with Gasteiger partial charge in [0.15, 0.2) is 5.76 Å². The van der Waals surface area contributed by atoms with Crippen LogP contribution >= 0.6 is 0 Å². The minimum Gasteiger partial charge on any atom is -0.360 e. The highest BCUT2D eigenvalue weighted by Gasteiger charge is 2.23. The number of nitrogens with zero attached hydrogens (tertiary/aromatic N) is 2. The third-order valence-electron chi connectivity index (χ3n) is 3.56. The van der Waals surface area contributed by atoms with Crippen molar-refractivity contribution in [3.05, 3.63) is 48.0 Å². The van der Waals surface area contributed by atoms with Gasteiger partial charge in [-0.2, -0.15) is 0 Å². The van der Waals surface area contributed by atoms with Crippen molar-refractivity contribution in [2.45, 2.75) is 25.3 Å². The molecule has 0 aliphatic carbocycles. The maximum Gasteiger partial charge on any atom is 0.246 e. The first kappa shape index (κ1) is 14.8. The van der Waals surface area contributed by atoms with Crippen LogP contribution in [0.1, 0.15) is 11.5 Å². The van der Waals surface area contributed by atoms with Crippen molar-refractivity contribution in [3.63, 3.8) is 0 Å². The van der Waals surface area contributed by atoms with E-state index in [4.69, 9.17) is 4.52 Å². The molecule has 0 radical (unpaired) electrons. The number of hydrogen-bond acceptors (Lipinski definition) is 4. The molecule has 0 amide bonds. The largest absolute Gasteiger partial charge is 0.360 e. The molecule has 3 aromatic rings. The Morgan fingerprint density at radius 3 is 2.73 bits per heavy atom. The van der Waals surface area contributed by atoms with E-state index < -0.39 is 10.0 Å². The quantitative estimate of drug-likeness (QED) is 0.782. The molecule has 0 saturated heterocycles. The predicted octanol–water partition coefficient (Wildman–Crippen LogP) is 2.22. The van der Waals surface area contributed by atoms with Crippen molar-refractivity contribution in [2.75, 3.05) is 6.54 Å². The zero-order valence-corrected chi connectivity index (χ0v) is 13.2. The van der Waals surface area contributed by atoms with E-state index >= 15 is 0 Å². The molecule has 0 fully saturated rings. The molecule has 0 atom stereocenters. The first-order chi connectivity index (χ1) is 10.5. The van der Waals surface area contributed by atoms with E-state index in [-0.39, 0.29) is 4.90 Å². The molecule has 0 aliphatic rings. The van der Waals surface area contributed by atoms with E-state index in [1.165, 1.54) is 0 Å². The van der Waals surface area contributed by atoms with Gasteiger partial charge in [0.25, 0.3) is 0 Å². The molecule has 7 heteroatoms. The van der Waals surface area contributed by atoms with Crippen LogP contribution in [0.5, 0.6) is 0 Å². The molecule has 116 valence electrons. The Morgan fingerprint density at radius 1 is 1.23 bits per heavy atom. The van der Waals surface area contributed by atoms with Gasteiger partial charge in [-0.05, 0) is 31.4 Å². The average Bonchev–Trinajstić information content (AvgIpc) is 3.03. The molecule has 0 unspecified atom stereocenters. The molecule has 6 nitrogen and oxygen atoms in total. The summed E-state index contributed by atoms with van der Waals surface area (Å²) < 4.78 is 34.1. The van der Waals surface area contributed by atoms with Gasteiger partial charge in [-0.25, -0.2) is 13.1 Å². The number of benzene rings is 1. The van der Waals surface area contributed by atoms with Gasteiger partial charge in [-0.1, -0.05) is 23.4 Å². The molecule has 22 heavy (non-hydrogen) atoms. The Morgan fingerprint density at radius 2 is 2.00 bits per heavy atom. The summed E-state index contributed by atoms with van der Waals surface area (Å²) in [7, 11) is -3.60. The van der Waals surface area contributed by atoms with Gasteiger partial charge in [0.05, 0.1) is 0 Å². The van der Waals surface area contributed by atoms with Crippen LogP contribution < -0.4 is 4.72 Å². The van der Waals surface area contributed by atoms with Crippen LogP contribution in [0.3, 0.4) is 0 Å². The first-order valence-electron chi connectivity index (χ1n) is 6.95. The molecule has 0 bridgehead atoms. The lowest BCUT2D eigenvalue weighted by Gasteiger charge is -2.08. The second-order valence-corrected chi connectivity index (χ2v) is 6.82. The predicted molar refractivity (Wildman–Crippen MR) is 83.1 cm³/mol. The van der Waals surface area contributed by atoms with Crippen molar-refractivity contribution < 1.29 is 12.9 Å². The second kappa shape index (κ2) is 5.58. The number of aryl methyl sites for hydroxylation is 2. The van der Waals surface area contributed by atoms with Gasteiger partial charge >= 0.3 is 0 Å². The maximum atomic E-state index is 12.3. The summed E-state index contributed by atoms with van der Waals surface area (Å²) in [6.07, 6.45) is 1.95. The molecule has 1 N–H and O–H groups in total. The lowest BCUT2D eigenvalue weighted by atomic mass is 10.2. The molecule has 2 aromatic heterocycles. The number of hydrogen-bond donors (Lipinski definition) is 1. The normalized spacial score (nSPS) is 12.1. The third kappa shape index (κ3) is 2.65. The first-order valence-corrected chi connectivity index (χ1v) is 8.44. The zero-order chi connectivity index (χ0) is 15.7. The lowest BCUT2D eigenvalue weighted by Crippen LogP contribution is -2.28. The summed E-state index contributed by atoms with van der Waals surface area (Å²) in [6.45, 7) is 4.06. The minimum atomic E-state index is -3.60. The van der Waals surface area contributed by atoms with Gasteiger partial charge in [-0.3, -0.25) is 0 Å². The van der Waals surface area contributed by atoms with E-state index in [0.29, 0.717) is 24.5 Å². The fourth-order valence-corrected chi connectivity index (χ4v) is 3.91. The van der Waals surface area contributed by atoms with Crippen LogP contribution in [0.25, 0.3) is 10.9 Å². The standard InChI is InChI=1S/C15H17N3O3S/c1-11-15(12(2)21-17-11)22(19,20)16-8-10-18-9-7-13-5-3-4-6-14(13)18/h3-7,9,16H,8,10H2,1-2H3. The minimum absolute atomic E-state index is 0.130.